The number of methoxy groups -OCH3 is 1. The summed E-state index contributed by atoms with van der Waals surface area (Å²) in [5.41, 5.74) is 3.74. The van der Waals surface area contributed by atoms with Crippen LogP contribution in [0.15, 0.2) is 101 Å². The Morgan fingerprint density at radius 2 is 1.73 bits per heavy atom. The quantitative estimate of drug-likeness (QED) is 0.350. The number of carbonyl (C=O) groups excluding carboxylic acids is 2. The Balaban J connectivity index is 1.57. The number of carbonyl (C=O) groups is 2. The third-order valence-corrected chi connectivity index (χ3v) is 8.33. The van der Waals surface area contributed by atoms with E-state index < -0.39 is 17.3 Å². The molecule has 8 heteroatoms. The summed E-state index contributed by atoms with van der Waals surface area (Å²) in [4.78, 5) is 29.0. The number of nitrogens with one attached hydrogen (secondary N) is 1. The van der Waals surface area contributed by atoms with Gasteiger partial charge in [-0.3, -0.25) is 4.79 Å². The minimum atomic E-state index is -0.614. The van der Waals surface area contributed by atoms with Crippen molar-refractivity contribution in [3.8, 4) is 0 Å². The number of hydrogen-bond acceptors (Lipinski definition) is 7. The molecule has 3 atom stereocenters. The van der Waals surface area contributed by atoms with Gasteiger partial charge in [-0.1, -0.05) is 66.4 Å². The first-order chi connectivity index (χ1) is 18.0. The Bertz CT molecular complexity index is 1470. The van der Waals surface area contributed by atoms with Crippen molar-refractivity contribution in [1.82, 2.24) is 4.90 Å². The lowest BCUT2D eigenvalue weighted by molar-refractivity contribution is -0.137. The minimum Gasteiger partial charge on any atom is -0.510 e. The van der Waals surface area contributed by atoms with E-state index in [1.807, 2.05) is 35.2 Å². The fourth-order valence-corrected chi connectivity index (χ4v) is 6.83. The van der Waals surface area contributed by atoms with Crippen LogP contribution in [0.2, 0.25) is 0 Å². The van der Waals surface area contributed by atoms with Crippen molar-refractivity contribution >= 4 is 29.2 Å². The van der Waals surface area contributed by atoms with Crippen LogP contribution in [0, 0.1) is 5.82 Å². The van der Waals surface area contributed by atoms with E-state index in [0.29, 0.717) is 28.4 Å². The van der Waals surface area contributed by atoms with Crippen LogP contribution < -0.4 is 5.32 Å². The summed E-state index contributed by atoms with van der Waals surface area (Å²) < 4.78 is 18.7. The minimum absolute atomic E-state index is 0.0396. The van der Waals surface area contributed by atoms with Crippen molar-refractivity contribution in [2.75, 3.05) is 12.4 Å². The van der Waals surface area contributed by atoms with E-state index in [1.165, 1.54) is 31.0 Å². The molecule has 0 amide bonds. The molecule has 0 aliphatic carbocycles. The van der Waals surface area contributed by atoms with Gasteiger partial charge in [0.05, 0.1) is 30.0 Å². The molecule has 4 bridgehead atoms. The number of esters is 1. The SMILES string of the molecule is COC(=O)C1=C(O)C2SC(Nc3ccc(F)cc3)=C(C(=O)c3ccccc3)N3C1Cc1ccccc1C23. The fourth-order valence-electron chi connectivity index (χ4n) is 5.45. The molecule has 3 heterocycles. The van der Waals surface area contributed by atoms with Crippen LogP contribution in [0.3, 0.4) is 0 Å². The van der Waals surface area contributed by atoms with Crippen molar-refractivity contribution in [3.05, 3.63) is 123 Å². The van der Waals surface area contributed by atoms with Gasteiger partial charge in [-0.15, -0.1) is 0 Å². The summed E-state index contributed by atoms with van der Waals surface area (Å²) in [6.07, 6.45) is 0.425. The van der Waals surface area contributed by atoms with Crippen molar-refractivity contribution in [1.29, 1.82) is 0 Å². The molecule has 3 aliphatic heterocycles. The van der Waals surface area contributed by atoms with Gasteiger partial charge in [0, 0.05) is 11.3 Å². The molecule has 6 rings (SSSR count). The van der Waals surface area contributed by atoms with Crippen LogP contribution in [0.25, 0.3) is 0 Å². The maximum atomic E-state index is 14.1. The first kappa shape index (κ1) is 23.4. The average Bonchev–Trinajstić information content (AvgIpc) is 2.93. The third-order valence-electron chi connectivity index (χ3n) is 7.06. The monoisotopic (exact) mass is 514 g/mol. The molecular formula is C29H23FN2O4S. The molecule has 2 N–H and O–H groups in total. The number of ether oxygens (including phenoxy) is 1. The molecule has 3 unspecified atom stereocenters. The lowest BCUT2D eigenvalue weighted by Crippen LogP contribution is -2.56. The van der Waals surface area contributed by atoms with Gasteiger partial charge in [0.25, 0.3) is 0 Å². The summed E-state index contributed by atoms with van der Waals surface area (Å²) in [7, 11) is 1.29. The lowest BCUT2D eigenvalue weighted by Gasteiger charge is -2.54. The second-order valence-electron chi connectivity index (χ2n) is 9.10. The number of halogens is 1. The third kappa shape index (κ3) is 3.79. The normalized spacial score (nSPS) is 21.9. The van der Waals surface area contributed by atoms with Crippen LogP contribution >= 0.6 is 11.8 Å². The fraction of sp³-hybridized carbons (Fsp3) is 0.172. The standard InChI is InChI=1S/C29H23FN2O4S/c1-36-29(35)22-21-15-17-9-5-6-10-20(17)23-27(26(22)34)37-28(31-19-13-11-18(30)12-14-19)24(32(21)23)25(33)16-7-3-2-4-8-16/h2-14,21,23,27,31,34H,15H2,1H3. The molecule has 6 nitrogen and oxygen atoms in total. The number of thioether (sulfide) groups is 1. The van der Waals surface area contributed by atoms with Crippen LogP contribution in [0.4, 0.5) is 10.1 Å². The number of aliphatic hydroxyl groups excluding tert-OH is 1. The van der Waals surface area contributed by atoms with Gasteiger partial charge < -0.3 is 20.1 Å². The van der Waals surface area contributed by atoms with Gasteiger partial charge >= 0.3 is 5.97 Å². The van der Waals surface area contributed by atoms with Crippen molar-refractivity contribution in [2.24, 2.45) is 0 Å². The number of Topliss-reactive ketones (excluding diaryl/α,β-unsaturated/α-hetero) is 1. The highest BCUT2D eigenvalue weighted by Gasteiger charge is 2.54. The van der Waals surface area contributed by atoms with E-state index in [-0.39, 0.29) is 29.0 Å². The first-order valence-electron chi connectivity index (χ1n) is 11.9. The number of allylic oxidation sites excluding steroid dienone is 1. The maximum Gasteiger partial charge on any atom is 0.339 e. The van der Waals surface area contributed by atoms with E-state index in [4.69, 9.17) is 4.74 Å². The van der Waals surface area contributed by atoms with E-state index in [1.54, 1.807) is 36.4 Å². The zero-order valence-electron chi connectivity index (χ0n) is 19.9. The molecule has 0 aromatic heterocycles. The van der Waals surface area contributed by atoms with Gasteiger partial charge in [0.2, 0.25) is 5.78 Å². The molecule has 186 valence electrons. The molecule has 3 aliphatic rings. The lowest BCUT2D eigenvalue weighted by atomic mass is 9.77. The number of benzene rings is 3. The van der Waals surface area contributed by atoms with Gasteiger partial charge in [-0.2, -0.15) is 0 Å². The summed E-state index contributed by atoms with van der Waals surface area (Å²) in [6.45, 7) is 0. The highest BCUT2D eigenvalue weighted by Crippen LogP contribution is 2.56. The molecule has 0 fully saturated rings. The topological polar surface area (TPSA) is 78.9 Å². The Hall–Kier alpha value is -4.04. The van der Waals surface area contributed by atoms with E-state index in [9.17, 15) is 19.1 Å². The molecule has 0 saturated carbocycles. The second-order valence-corrected chi connectivity index (χ2v) is 10.3. The van der Waals surface area contributed by atoms with Crippen LogP contribution in [0.1, 0.15) is 27.5 Å². The molecule has 0 saturated heterocycles. The maximum absolute atomic E-state index is 14.1. The van der Waals surface area contributed by atoms with Gasteiger partial charge in [0.15, 0.2) is 0 Å². The number of fused-ring (bicyclic) bond motifs is 1. The van der Waals surface area contributed by atoms with Gasteiger partial charge in [-0.05, 0) is 41.8 Å². The van der Waals surface area contributed by atoms with Gasteiger partial charge in [-0.25, -0.2) is 9.18 Å². The summed E-state index contributed by atoms with van der Waals surface area (Å²) >= 11 is 1.29. The van der Waals surface area contributed by atoms with Crippen LogP contribution in [0.5, 0.6) is 0 Å². The number of nitrogens with zero attached hydrogens (tertiary/aromatic N) is 1. The molecule has 3 aromatic rings. The van der Waals surface area contributed by atoms with Crippen molar-refractivity contribution in [2.45, 2.75) is 23.8 Å². The number of anilines is 1. The summed E-state index contributed by atoms with van der Waals surface area (Å²) in [5.74, 6) is -1.23. The van der Waals surface area contributed by atoms with E-state index >= 15 is 0 Å². The molecule has 0 radical (unpaired) electrons. The Morgan fingerprint density at radius 1 is 1.03 bits per heavy atom. The highest BCUT2D eigenvalue weighted by molar-refractivity contribution is 8.04. The molecule has 0 spiro atoms. The van der Waals surface area contributed by atoms with Crippen molar-refractivity contribution in [3.63, 3.8) is 0 Å². The largest absolute Gasteiger partial charge is 0.510 e. The number of hydrogen-bond donors (Lipinski definition) is 2. The number of rotatable bonds is 5. The van der Waals surface area contributed by atoms with Crippen LogP contribution in [-0.4, -0.2) is 40.2 Å². The first-order valence-corrected chi connectivity index (χ1v) is 12.8. The zero-order chi connectivity index (χ0) is 25.7. The molecule has 3 aromatic carbocycles. The van der Waals surface area contributed by atoms with Crippen molar-refractivity contribution < 1.29 is 23.8 Å². The molecule has 37 heavy (non-hydrogen) atoms. The van der Waals surface area contributed by atoms with E-state index in [2.05, 4.69) is 5.32 Å². The Morgan fingerprint density at radius 3 is 2.46 bits per heavy atom. The Labute approximate surface area is 217 Å². The predicted molar refractivity (Wildman–Crippen MR) is 139 cm³/mol. The highest BCUT2D eigenvalue weighted by atomic mass is 32.2. The van der Waals surface area contributed by atoms with E-state index in [0.717, 1.165) is 11.1 Å². The zero-order valence-corrected chi connectivity index (χ0v) is 20.7. The van der Waals surface area contributed by atoms with Crippen LogP contribution in [-0.2, 0) is 16.0 Å². The second kappa shape index (κ2) is 9.12. The summed E-state index contributed by atoms with van der Waals surface area (Å²) in [5, 5.41) is 14.7. The predicted octanol–water partition coefficient (Wildman–Crippen LogP) is 5.37. The summed E-state index contributed by atoms with van der Waals surface area (Å²) in [6, 6.07) is 21.8. The number of aliphatic hydroxyl groups is 1. The number of ketones is 1. The molecular weight excluding hydrogens is 491 g/mol. The van der Waals surface area contributed by atoms with Gasteiger partial charge in [0.1, 0.15) is 22.3 Å². The smallest absolute Gasteiger partial charge is 0.339 e. The Kier molecular flexibility index (Phi) is 5.76. The average molecular weight is 515 g/mol.